The summed E-state index contributed by atoms with van der Waals surface area (Å²) >= 11 is 3.31. The van der Waals surface area contributed by atoms with Gasteiger partial charge in [0.25, 0.3) is 5.91 Å². The van der Waals surface area contributed by atoms with E-state index in [-0.39, 0.29) is 17.3 Å². The number of nitrogens with zero attached hydrogens (tertiary/aromatic N) is 6. The van der Waals surface area contributed by atoms with Gasteiger partial charge in [0.05, 0.1) is 16.1 Å². The van der Waals surface area contributed by atoms with Gasteiger partial charge in [-0.25, -0.2) is 10.1 Å². The number of carbonyl (C=O) groups is 1. The number of aryl methyl sites for hydroxylation is 1. The first kappa shape index (κ1) is 17.1. The number of amides is 1. The third-order valence-electron chi connectivity index (χ3n) is 3.21. The second-order valence-corrected chi connectivity index (χ2v) is 7.24. The van der Waals surface area contributed by atoms with Crippen molar-refractivity contribution in [3.05, 3.63) is 27.9 Å². The molecule has 3 aromatic rings. The van der Waals surface area contributed by atoms with Gasteiger partial charge in [0.2, 0.25) is 11.6 Å². The van der Waals surface area contributed by atoms with Crippen molar-refractivity contribution in [3.63, 3.8) is 0 Å². The van der Waals surface area contributed by atoms with Crippen LogP contribution in [0.3, 0.4) is 0 Å². The van der Waals surface area contributed by atoms with Gasteiger partial charge in [-0.1, -0.05) is 5.21 Å². The van der Waals surface area contributed by atoms with Gasteiger partial charge in [-0.15, -0.1) is 28.2 Å². The fraction of sp³-hybridized carbons (Fsp3) is 0.231. The second-order valence-electron chi connectivity index (χ2n) is 4.91. The lowest BCUT2D eigenvalue weighted by molar-refractivity contribution is 0.0949. The summed E-state index contributed by atoms with van der Waals surface area (Å²) in [7, 11) is 0. The zero-order valence-electron chi connectivity index (χ0n) is 13.5. The molecule has 0 aromatic carbocycles. The van der Waals surface area contributed by atoms with Crippen LogP contribution in [0.15, 0.2) is 20.0 Å². The molecule has 3 N–H and O–H groups in total. The van der Waals surface area contributed by atoms with E-state index >= 15 is 0 Å². The molecular formula is C13H14N8O2S2. The molecule has 0 fully saturated rings. The van der Waals surface area contributed by atoms with Crippen LogP contribution in [0.1, 0.15) is 26.6 Å². The summed E-state index contributed by atoms with van der Waals surface area (Å²) in [6, 6.07) is 2.01. The van der Waals surface area contributed by atoms with E-state index < -0.39 is 5.91 Å². The maximum atomic E-state index is 12.2. The Morgan fingerprint density at radius 3 is 2.96 bits per heavy atom. The Bertz CT molecular complexity index is 942. The van der Waals surface area contributed by atoms with E-state index in [4.69, 9.17) is 5.73 Å². The molecule has 12 heteroatoms. The number of rotatable bonds is 5. The Kier molecular flexibility index (Phi) is 4.81. The molecular weight excluding hydrogens is 364 g/mol. The molecule has 0 bridgehead atoms. The average Bonchev–Trinajstić information content (AvgIpc) is 3.26. The smallest absolute Gasteiger partial charge is 0.293 e. The van der Waals surface area contributed by atoms with E-state index in [1.165, 1.54) is 9.56 Å². The van der Waals surface area contributed by atoms with Crippen LogP contribution >= 0.6 is 23.1 Å². The third kappa shape index (κ3) is 3.39. The summed E-state index contributed by atoms with van der Waals surface area (Å²) in [5, 5.41) is 18.8. The number of nitrogens with two attached hydrogens (primary N) is 1. The molecule has 0 saturated carbocycles. The minimum atomic E-state index is -0.493. The van der Waals surface area contributed by atoms with Crippen LogP contribution in [0.2, 0.25) is 0 Å². The molecule has 0 aliphatic carbocycles. The molecule has 3 rings (SSSR count). The van der Waals surface area contributed by atoms with Crippen molar-refractivity contribution < 1.29 is 9.42 Å². The standard InChI is InChI=1S/C13H14N8O2S2/c1-6-4-8(13(24-3)25-6)5-15-17-12(22)9-7(2)21(20-16-9)11-10(14)18-23-19-11/h4-5H,1-3H3,(H2,14,18)(H,17,22)/b15-5-. The number of anilines is 1. The first-order valence-corrected chi connectivity index (χ1v) is 9.04. The number of hydrazone groups is 1. The topological polar surface area (TPSA) is 137 Å². The largest absolute Gasteiger partial charge is 0.378 e. The highest BCUT2D eigenvalue weighted by molar-refractivity contribution is 8.00. The van der Waals surface area contributed by atoms with Crippen LogP contribution in [-0.2, 0) is 0 Å². The van der Waals surface area contributed by atoms with Crippen LogP contribution in [0.25, 0.3) is 5.82 Å². The summed E-state index contributed by atoms with van der Waals surface area (Å²) < 4.78 is 6.93. The monoisotopic (exact) mass is 378 g/mol. The van der Waals surface area contributed by atoms with Gasteiger partial charge in [0, 0.05) is 10.4 Å². The molecule has 0 atom stereocenters. The zero-order valence-corrected chi connectivity index (χ0v) is 15.2. The van der Waals surface area contributed by atoms with Crippen LogP contribution < -0.4 is 11.2 Å². The second kappa shape index (κ2) is 7.03. The summed E-state index contributed by atoms with van der Waals surface area (Å²) in [5.41, 5.74) is 9.56. The van der Waals surface area contributed by atoms with Crippen molar-refractivity contribution in [2.45, 2.75) is 18.1 Å². The number of carbonyl (C=O) groups excluding carboxylic acids is 1. The Hall–Kier alpha value is -2.73. The highest BCUT2D eigenvalue weighted by Gasteiger charge is 2.20. The fourth-order valence-corrected chi connectivity index (χ4v) is 3.84. The van der Waals surface area contributed by atoms with Gasteiger partial charge in [0.15, 0.2) is 5.69 Å². The fourth-order valence-electron chi connectivity index (χ4n) is 2.05. The van der Waals surface area contributed by atoms with E-state index in [1.807, 2.05) is 19.2 Å². The summed E-state index contributed by atoms with van der Waals surface area (Å²) in [6.07, 6.45) is 3.60. The molecule has 0 radical (unpaired) electrons. The van der Waals surface area contributed by atoms with Crippen molar-refractivity contribution >= 4 is 41.0 Å². The maximum absolute atomic E-state index is 12.2. The Morgan fingerprint density at radius 2 is 2.28 bits per heavy atom. The molecule has 130 valence electrons. The Balaban J connectivity index is 1.75. The molecule has 0 aliphatic rings. The van der Waals surface area contributed by atoms with E-state index in [2.05, 4.69) is 35.8 Å². The predicted molar refractivity (Wildman–Crippen MR) is 94.3 cm³/mol. The number of thiophene rings is 1. The van der Waals surface area contributed by atoms with Gasteiger partial charge in [0.1, 0.15) is 0 Å². The summed E-state index contributed by atoms with van der Waals surface area (Å²) in [4.78, 5) is 13.4. The molecule has 3 aromatic heterocycles. The number of nitrogen functional groups attached to an aromatic ring is 1. The first-order valence-electron chi connectivity index (χ1n) is 6.99. The van der Waals surface area contributed by atoms with Crippen molar-refractivity contribution in [2.24, 2.45) is 5.10 Å². The van der Waals surface area contributed by atoms with Gasteiger partial charge in [-0.2, -0.15) is 9.78 Å². The Morgan fingerprint density at radius 1 is 1.48 bits per heavy atom. The van der Waals surface area contributed by atoms with Crippen molar-refractivity contribution in [2.75, 3.05) is 12.0 Å². The molecule has 0 spiro atoms. The van der Waals surface area contributed by atoms with E-state index in [0.29, 0.717) is 5.69 Å². The maximum Gasteiger partial charge on any atom is 0.293 e. The first-order chi connectivity index (χ1) is 12.0. The van der Waals surface area contributed by atoms with Crippen LogP contribution in [0, 0.1) is 13.8 Å². The molecule has 25 heavy (non-hydrogen) atoms. The third-order valence-corrected chi connectivity index (χ3v) is 5.43. The number of aromatic nitrogens is 5. The van der Waals surface area contributed by atoms with Crippen molar-refractivity contribution in [1.29, 1.82) is 0 Å². The number of thioether (sulfide) groups is 1. The molecule has 0 unspecified atom stereocenters. The number of hydrogen-bond acceptors (Lipinski definition) is 10. The zero-order chi connectivity index (χ0) is 18.0. The molecule has 0 aliphatic heterocycles. The van der Waals surface area contributed by atoms with Gasteiger partial charge < -0.3 is 5.73 Å². The molecule has 3 heterocycles. The van der Waals surface area contributed by atoms with E-state index in [9.17, 15) is 4.79 Å². The van der Waals surface area contributed by atoms with Gasteiger partial charge in [-0.05, 0) is 36.5 Å². The van der Waals surface area contributed by atoms with Crippen LogP contribution in [-0.4, -0.2) is 43.7 Å². The predicted octanol–water partition coefficient (Wildman–Crippen LogP) is 1.40. The van der Waals surface area contributed by atoms with E-state index in [1.54, 1.807) is 36.2 Å². The average molecular weight is 378 g/mol. The normalized spacial score (nSPS) is 11.3. The van der Waals surface area contributed by atoms with Gasteiger partial charge >= 0.3 is 0 Å². The summed E-state index contributed by atoms with van der Waals surface area (Å²) in [6.45, 7) is 3.67. The number of hydrogen-bond donors (Lipinski definition) is 2. The molecule has 0 saturated heterocycles. The van der Waals surface area contributed by atoms with Crippen LogP contribution in [0.5, 0.6) is 0 Å². The summed E-state index contributed by atoms with van der Waals surface area (Å²) in [5.74, 6) is -0.269. The quantitative estimate of drug-likeness (QED) is 0.386. The minimum absolute atomic E-state index is 0.0513. The Labute approximate surface area is 150 Å². The lowest BCUT2D eigenvalue weighted by atomic mass is 10.3. The highest BCUT2D eigenvalue weighted by Crippen LogP contribution is 2.28. The number of nitrogens with one attached hydrogen (secondary N) is 1. The SMILES string of the molecule is CSc1sc(C)cc1/C=N\NC(=O)c1nnn(-c2nonc2N)c1C. The minimum Gasteiger partial charge on any atom is -0.378 e. The van der Waals surface area contributed by atoms with Gasteiger partial charge in [-0.3, -0.25) is 4.79 Å². The molecule has 1 amide bonds. The van der Waals surface area contributed by atoms with Crippen LogP contribution in [0.4, 0.5) is 5.82 Å². The highest BCUT2D eigenvalue weighted by atomic mass is 32.2. The van der Waals surface area contributed by atoms with Crippen molar-refractivity contribution in [1.82, 2.24) is 30.7 Å². The molecule has 10 nitrogen and oxygen atoms in total. The van der Waals surface area contributed by atoms with Crippen molar-refractivity contribution in [3.8, 4) is 5.82 Å². The van der Waals surface area contributed by atoms with E-state index in [0.717, 1.165) is 9.77 Å². The lowest BCUT2D eigenvalue weighted by Gasteiger charge is -1.99. The lowest BCUT2D eigenvalue weighted by Crippen LogP contribution is -2.19.